The molecule has 0 bridgehead atoms. The number of nitrogens with one attached hydrogen (secondary N) is 1. The fourth-order valence-electron chi connectivity index (χ4n) is 3.22. The summed E-state index contributed by atoms with van der Waals surface area (Å²) in [5, 5.41) is 4.06. The van der Waals surface area contributed by atoms with Crippen molar-refractivity contribution >= 4 is 8.32 Å². The molecule has 0 saturated heterocycles. The van der Waals surface area contributed by atoms with Gasteiger partial charge in [-0.2, -0.15) is 0 Å². The molecule has 0 aromatic heterocycles. The van der Waals surface area contributed by atoms with Crippen molar-refractivity contribution in [1.29, 1.82) is 0 Å². The molecule has 2 nitrogen and oxygen atoms in total. The second kappa shape index (κ2) is 12.0. The fourth-order valence-corrected chi connectivity index (χ4v) is 4.66. The molecule has 1 rings (SSSR count). The summed E-state index contributed by atoms with van der Waals surface area (Å²) in [7, 11) is -1.74. The van der Waals surface area contributed by atoms with Crippen molar-refractivity contribution in [2.24, 2.45) is 0 Å². The Hall–Kier alpha value is -0.643. The lowest BCUT2D eigenvalue weighted by Crippen LogP contribution is -2.49. The predicted molar refractivity (Wildman–Crippen MR) is 123 cm³/mol. The summed E-state index contributed by atoms with van der Waals surface area (Å²) in [6.07, 6.45) is 9.54. The predicted octanol–water partition coefficient (Wildman–Crippen LogP) is 7.31. The molecule has 0 unspecified atom stereocenters. The van der Waals surface area contributed by atoms with Crippen LogP contribution in [0.1, 0.15) is 85.1 Å². The zero-order valence-corrected chi connectivity index (χ0v) is 20.1. The van der Waals surface area contributed by atoms with Crippen LogP contribution in [0.2, 0.25) is 18.1 Å². The van der Waals surface area contributed by atoms with E-state index in [-0.39, 0.29) is 11.1 Å². The summed E-state index contributed by atoms with van der Waals surface area (Å²) >= 11 is 0. The first-order valence-corrected chi connectivity index (χ1v) is 14.0. The lowest BCUT2D eigenvalue weighted by Gasteiger charge is -2.40. The van der Waals surface area contributed by atoms with Gasteiger partial charge in [0, 0.05) is 12.6 Å². The van der Waals surface area contributed by atoms with Gasteiger partial charge in [0.05, 0.1) is 6.10 Å². The lowest BCUT2D eigenvalue weighted by atomic mass is 10.0. The van der Waals surface area contributed by atoms with E-state index >= 15 is 0 Å². The summed E-state index contributed by atoms with van der Waals surface area (Å²) in [4.78, 5) is 0. The maximum absolute atomic E-state index is 6.72. The molecule has 0 heterocycles. The smallest absolute Gasteiger partial charge is 0.192 e. The van der Waals surface area contributed by atoms with Gasteiger partial charge in [0.1, 0.15) is 0 Å². The van der Waals surface area contributed by atoms with E-state index in [4.69, 9.17) is 4.43 Å². The first-order chi connectivity index (χ1) is 12.7. The van der Waals surface area contributed by atoms with E-state index < -0.39 is 8.32 Å². The molecule has 1 aromatic carbocycles. The van der Waals surface area contributed by atoms with Crippen molar-refractivity contribution in [3.8, 4) is 0 Å². The fraction of sp³-hybridized carbons (Fsp3) is 0.750. The maximum atomic E-state index is 6.72. The highest BCUT2D eigenvalue weighted by Gasteiger charge is 2.39. The van der Waals surface area contributed by atoms with Crippen LogP contribution in [0.15, 0.2) is 30.3 Å². The van der Waals surface area contributed by atoms with Gasteiger partial charge in [-0.15, -0.1) is 0 Å². The van der Waals surface area contributed by atoms with Gasteiger partial charge in [0.25, 0.3) is 0 Å². The van der Waals surface area contributed by atoms with Crippen LogP contribution in [0.25, 0.3) is 0 Å². The molecule has 0 radical (unpaired) electrons. The van der Waals surface area contributed by atoms with Crippen molar-refractivity contribution in [3.63, 3.8) is 0 Å². The molecule has 0 aliphatic carbocycles. The highest BCUT2D eigenvalue weighted by atomic mass is 28.4. The summed E-state index contributed by atoms with van der Waals surface area (Å²) in [5.41, 5.74) is 1.35. The van der Waals surface area contributed by atoms with Crippen LogP contribution in [-0.2, 0) is 11.0 Å². The minimum Gasteiger partial charge on any atom is -0.413 e. The molecule has 0 amide bonds. The van der Waals surface area contributed by atoms with Crippen LogP contribution in [0.4, 0.5) is 0 Å². The van der Waals surface area contributed by atoms with Crippen molar-refractivity contribution in [2.45, 2.75) is 116 Å². The van der Waals surface area contributed by atoms with Gasteiger partial charge in [-0.05, 0) is 37.0 Å². The second-order valence-electron chi connectivity index (χ2n) is 9.61. The largest absolute Gasteiger partial charge is 0.413 e. The summed E-state index contributed by atoms with van der Waals surface area (Å²) in [6.45, 7) is 17.2. The molecular weight excluding hydrogens is 346 g/mol. The molecule has 156 valence electrons. The highest BCUT2D eigenvalue weighted by molar-refractivity contribution is 6.74. The Morgan fingerprint density at radius 2 is 1.56 bits per heavy atom. The van der Waals surface area contributed by atoms with Crippen molar-refractivity contribution in [2.75, 3.05) is 0 Å². The molecule has 3 heteroatoms. The average Bonchev–Trinajstić information content (AvgIpc) is 2.59. The molecule has 0 aliphatic rings. The molecule has 27 heavy (non-hydrogen) atoms. The third-order valence-corrected chi connectivity index (χ3v) is 10.7. The Morgan fingerprint density at radius 3 is 2.15 bits per heavy atom. The standard InChI is InChI=1S/C24H45NOSi/c1-8-9-10-11-12-16-19-23(25-20-22-17-14-13-15-18-22)21(2)26-27(6,7)24(3,4)5/h13-15,17-18,21,23,25H,8-12,16,19-20H2,1-7H3/t21-,23-/m0/s1. The van der Waals surface area contributed by atoms with E-state index in [1.165, 1.54) is 50.5 Å². The van der Waals surface area contributed by atoms with Crippen LogP contribution >= 0.6 is 0 Å². The molecule has 1 N–H and O–H groups in total. The zero-order valence-electron chi connectivity index (χ0n) is 19.1. The van der Waals surface area contributed by atoms with Gasteiger partial charge in [0.2, 0.25) is 0 Å². The van der Waals surface area contributed by atoms with Crippen molar-refractivity contribution in [1.82, 2.24) is 5.32 Å². The number of benzene rings is 1. The van der Waals surface area contributed by atoms with E-state index in [0.717, 1.165) is 6.54 Å². The van der Waals surface area contributed by atoms with Gasteiger partial charge in [-0.25, -0.2) is 0 Å². The van der Waals surface area contributed by atoms with Crippen LogP contribution in [-0.4, -0.2) is 20.5 Å². The van der Waals surface area contributed by atoms with Gasteiger partial charge in [-0.3, -0.25) is 0 Å². The monoisotopic (exact) mass is 391 g/mol. The quantitative estimate of drug-likeness (QED) is 0.281. The van der Waals surface area contributed by atoms with E-state index in [1.807, 2.05) is 0 Å². The van der Waals surface area contributed by atoms with E-state index in [0.29, 0.717) is 6.04 Å². The normalized spacial score (nSPS) is 14.9. The van der Waals surface area contributed by atoms with Crippen LogP contribution in [0.3, 0.4) is 0 Å². The Labute approximate surface area is 170 Å². The third kappa shape index (κ3) is 9.40. The summed E-state index contributed by atoms with van der Waals surface area (Å²) < 4.78 is 6.72. The summed E-state index contributed by atoms with van der Waals surface area (Å²) in [6, 6.07) is 11.2. The molecule has 2 atom stereocenters. The second-order valence-corrected chi connectivity index (χ2v) is 14.4. The first kappa shape index (κ1) is 24.4. The summed E-state index contributed by atoms with van der Waals surface area (Å²) in [5.74, 6) is 0. The Kier molecular flexibility index (Phi) is 10.9. The molecule has 0 saturated carbocycles. The number of hydrogen-bond acceptors (Lipinski definition) is 2. The first-order valence-electron chi connectivity index (χ1n) is 11.1. The van der Waals surface area contributed by atoms with Gasteiger partial charge < -0.3 is 9.74 Å². The van der Waals surface area contributed by atoms with Gasteiger partial charge in [0.15, 0.2) is 8.32 Å². The molecule has 0 aliphatic heterocycles. The maximum Gasteiger partial charge on any atom is 0.192 e. The van der Waals surface area contributed by atoms with E-state index in [2.05, 4.69) is 83.4 Å². The van der Waals surface area contributed by atoms with Crippen LogP contribution < -0.4 is 5.32 Å². The van der Waals surface area contributed by atoms with E-state index in [9.17, 15) is 0 Å². The highest BCUT2D eigenvalue weighted by Crippen LogP contribution is 2.37. The number of hydrogen-bond donors (Lipinski definition) is 1. The average molecular weight is 392 g/mol. The minimum absolute atomic E-state index is 0.255. The lowest BCUT2D eigenvalue weighted by molar-refractivity contribution is 0.144. The van der Waals surface area contributed by atoms with Crippen molar-refractivity contribution < 1.29 is 4.43 Å². The van der Waals surface area contributed by atoms with Crippen molar-refractivity contribution in [3.05, 3.63) is 35.9 Å². The number of rotatable bonds is 13. The minimum atomic E-state index is -1.74. The molecule has 0 fully saturated rings. The Morgan fingerprint density at radius 1 is 0.963 bits per heavy atom. The van der Waals surface area contributed by atoms with E-state index in [1.54, 1.807) is 0 Å². The Bertz CT molecular complexity index is 495. The SMILES string of the molecule is CCCCCCCC[C@H](NCc1ccccc1)[C@H](C)O[Si](C)(C)C(C)(C)C. The Balaban J connectivity index is 2.62. The molecule has 0 spiro atoms. The molecule has 1 aromatic rings. The van der Waals surface area contributed by atoms with Crippen LogP contribution in [0.5, 0.6) is 0 Å². The van der Waals surface area contributed by atoms with Gasteiger partial charge in [-0.1, -0.05) is 96.6 Å². The topological polar surface area (TPSA) is 21.3 Å². The van der Waals surface area contributed by atoms with Gasteiger partial charge >= 0.3 is 0 Å². The number of unbranched alkanes of at least 4 members (excludes halogenated alkanes) is 5. The molecular formula is C24H45NOSi. The zero-order chi connectivity index (χ0) is 20.3. The van der Waals surface area contributed by atoms with Crippen LogP contribution in [0, 0.1) is 0 Å². The third-order valence-electron chi connectivity index (χ3n) is 6.13.